The van der Waals surface area contributed by atoms with Crippen LogP contribution in [0.5, 0.6) is 0 Å². The molecule has 6 nitrogen and oxygen atoms in total. The van der Waals surface area contributed by atoms with Gasteiger partial charge in [0.2, 0.25) is 0 Å². The summed E-state index contributed by atoms with van der Waals surface area (Å²) < 4.78 is 3.16. The minimum atomic E-state index is -1.02. The zero-order valence-corrected chi connectivity index (χ0v) is 17.8. The van der Waals surface area contributed by atoms with Crippen LogP contribution in [0.4, 0.5) is 0 Å². The molecule has 3 aromatic carbocycles. The number of hydrogen-bond donors (Lipinski definition) is 2. The molecule has 7 heteroatoms. The quantitative estimate of drug-likeness (QED) is 0.485. The summed E-state index contributed by atoms with van der Waals surface area (Å²) in [5.41, 5.74) is 2.31. The van der Waals surface area contributed by atoms with E-state index in [2.05, 4.69) is 0 Å². The molecule has 2 N–H and O–H groups in total. The summed E-state index contributed by atoms with van der Waals surface area (Å²) >= 11 is 6.22. The minimum Gasteiger partial charge on any atom is -0.478 e. The van der Waals surface area contributed by atoms with Gasteiger partial charge in [-0.1, -0.05) is 35.9 Å². The third kappa shape index (κ3) is 4.00. The fraction of sp³-hybridized carbons (Fsp3) is 0.167. The van der Waals surface area contributed by atoms with Crippen molar-refractivity contribution in [3.05, 3.63) is 98.9 Å². The molecule has 0 saturated carbocycles. The maximum atomic E-state index is 13.4. The van der Waals surface area contributed by atoms with Crippen LogP contribution in [-0.2, 0) is 12.1 Å². The Balaban J connectivity index is 1.87. The molecule has 0 aliphatic carbocycles. The first-order chi connectivity index (χ1) is 14.6. The lowest BCUT2D eigenvalue weighted by Crippen LogP contribution is -2.24. The van der Waals surface area contributed by atoms with Gasteiger partial charge in [0.1, 0.15) is 0 Å². The van der Waals surface area contributed by atoms with Gasteiger partial charge in [0, 0.05) is 5.02 Å². The molecule has 0 radical (unpaired) electrons. The van der Waals surface area contributed by atoms with E-state index in [1.165, 1.54) is 6.07 Å². The van der Waals surface area contributed by atoms with Crippen LogP contribution in [0, 0.1) is 0 Å². The van der Waals surface area contributed by atoms with Crippen molar-refractivity contribution in [2.24, 2.45) is 0 Å². The molecule has 0 saturated heterocycles. The number of carboxylic acid groups (broad SMARTS) is 1. The number of carboxylic acids is 1. The number of hydrogen-bond acceptors (Lipinski definition) is 3. The zero-order valence-electron chi connectivity index (χ0n) is 17.0. The lowest BCUT2D eigenvalue weighted by atomic mass is 9.98. The molecule has 0 amide bonds. The molecule has 1 heterocycles. The summed E-state index contributed by atoms with van der Waals surface area (Å²) in [6, 6.07) is 18.9. The normalized spacial score (nSPS) is 11.7. The van der Waals surface area contributed by atoms with Gasteiger partial charge in [0.25, 0.3) is 0 Å². The van der Waals surface area contributed by atoms with E-state index in [9.17, 15) is 19.8 Å². The molecule has 31 heavy (non-hydrogen) atoms. The van der Waals surface area contributed by atoms with Crippen LogP contribution in [0.1, 0.15) is 35.3 Å². The van der Waals surface area contributed by atoms with Gasteiger partial charge in [0.15, 0.2) is 0 Å². The molecule has 0 bridgehead atoms. The molecule has 0 aliphatic rings. The lowest BCUT2D eigenvalue weighted by molar-refractivity contribution is 0.0696. The summed E-state index contributed by atoms with van der Waals surface area (Å²) in [5, 5.41) is 20.0. The van der Waals surface area contributed by atoms with Gasteiger partial charge in [0.05, 0.1) is 34.4 Å². The number of nitrogens with zero attached hydrogens (tertiary/aromatic N) is 2. The van der Waals surface area contributed by atoms with Gasteiger partial charge in [-0.05, 0) is 67.4 Å². The number of carbonyl (C=O) groups is 1. The van der Waals surface area contributed by atoms with Crippen molar-refractivity contribution in [1.82, 2.24) is 9.13 Å². The third-order valence-electron chi connectivity index (χ3n) is 5.24. The number of aromatic carboxylic acids is 1. The molecular formula is C24H21ClN2O4. The van der Waals surface area contributed by atoms with Gasteiger partial charge in [-0.3, -0.25) is 9.13 Å². The highest BCUT2D eigenvalue weighted by molar-refractivity contribution is 6.31. The Kier molecular flexibility index (Phi) is 5.21. The van der Waals surface area contributed by atoms with Crippen molar-refractivity contribution in [2.45, 2.75) is 26.0 Å². The summed E-state index contributed by atoms with van der Waals surface area (Å²) in [6.45, 7) is 3.61. The Bertz CT molecular complexity index is 1350. The van der Waals surface area contributed by atoms with Gasteiger partial charge in [-0.2, -0.15) is 0 Å². The SMILES string of the molecule is CC(C)(O)c1ccc(-n2c(=O)n(Cc3cccc(C(=O)O)c3)c3ccc(Cl)cc32)cc1. The van der Waals surface area contributed by atoms with E-state index < -0.39 is 11.6 Å². The van der Waals surface area contributed by atoms with Crippen molar-refractivity contribution >= 4 is 28.6 Å². The standard InChI is InChI=1S/C24H21ClN2O4/c1-24(2,31)17-6-9-19(10-7-17)27-21-13-18(25)8-11-20(21)26(23(27)30)14-15-4-3-5-16(12-15)22(28)29/h3-13,31H,14H2,1-2H3,(H,28,29). The van der Waals surface area contributed by atoms with Crippen molar-refractivity contribution < 1.29 is 15.0 Å². The van der Waals surface area contributed by atoms with E-state index in [0.717, 1.165) is 5.56 Å². The monoisotopic (exact) mass is 436 g/mol. The molecule has 0 aliphatic heterocycles. The first-order valence-electron chi connectivity index (χ1n) is 9.71. The minimum absolute atomic E-state index is 0.166. The van der Waals surface area contributed by atoms with Crippen molar-refractivity contribution in [1.29, 1.82) is 0 Å². The lowest BCUT2D eigenvalue weighted by Gasteiger charge is -2.18. The zero-order chi connectivity index (χ0) is 22.3. The van der Waals surface area contributed by atoms with Crippen molar-refractivity contribution in [3.8, 4) is 5.69 Å². The van der Waals surface area contributed by atoms with E-state index in [1.807, 2.05) is 0 Å². The number of fused-ring (bicyclic) bond motifs is 1. The van der Waals surface area contributed by atoms with Gasteiger partial charge >= 0.3 is 11.7 Å². The highest BCUT2D eigenvalue weighted by atomic mass is 35.5. The number of aliphatic hydroxyl groups is 1. The topological polar surface area (TPSA) is 84.5 Å². The average molecular weight is 437 g/mol. The number of rotatable bonds is 5. The van der Waals surface area contributed by atoms with Gasteiger partial charge < -0.3 is 10.2 Å². The summed E-state index contributed by atoms with van der Waals surface area (Å²) in [7, 11) is 0. The predicted molar refractivity (Wildman–Crippen MR) is 120 cm³/mol. The van der Waals surface area contributed by atoms with Crippen LogP contribution in [0.3, 0.4) is 0 Å². The highest BCUT2D eigenvalue weighted by Crippen LogP contribution is 2.25. The molecule has 0 unspecified atom stereocenters. The Hall–Kier alpha value is -3.35. The van der Waals surface area contributed by atoms with Crippen molar-refractivity contribution in [3.63, 3.8) is 0 Å². The molecule has 1 aromatic heterocycles. The Morgan fingerprint density at radius 1 is 1.00 bits per heavy atom. The van der Waals surface area contributed by atoms with E-state index in [-0.39, 0.29) is 17.8 Å². The molecule has 0 spiro atoms. The summed E-state index contributed by atoms with van der Waals surface area (Å²) in [6.07, 6.45) is 0. The molecule has 158 valence electrons. The second-order valence-electron chi connectivity index (χ2n) is 7.95. The molecule has 4 rings (SSSR count). The summed E-state index contributed by atoms with van der Waals surface area (Å²) in [5.74, 6) is -1.02. The third-order valence-corrected chi connectivity index (χ3v) is 5.47. The van der Waals surface area contributed by atoms with E-state index in [0.29, 0.717) is 27.3 Å². The largest absolute Gasteiger partial charge is 0.478 e. The first kappa shape index (κ1) is 20.9. The number of benzene rings is 3. The molecule has 4 aromatic rings. The van der Waals surface area contributed by atoms with E-state index in [4.69, 9.17) is 11.6 Å². The number of halogens is 1. The fourth-order valence-electron chi connectivity index (χ4n) is 3.64. The van der Waals surface area contributed by atoms with Crippen LogP contribution >= 0.6 is 11.6 Å². The fourth-order valence-corrected chi connectivity index (χ4v) is 3.80. The van der Waals surface area contributed by atoms with Crippen LogP contribution in [0.2, 0.25) is 5.02 Å². The van der Waals surface area contributed by atoms with E-state index >= 15 is 0 Å². The van der Waals surface area contributed by atoms with Gasteiger partial charge in [-0.25, -0.2) is 9.59 Å². The second-order valence-corrected chi connectivity index (χ2v) is 8.39. The van der Waals surface area contributed by atoms with Crippen LogP contribution in [0.15, 0.2) is 71.5 Å². The highest BCUT2D eigenvalue weighted by Gasteiger charge is 2.18. The van der Waals surface area contributed by atoms with Crippen LogP contribution < -0.4 is 5.69 Å². The van der Waals surface area contributed by atoms with Crippen LogP contribution in [-0.4, -0.2) is 25.3 Å². The predicted octanol–water partition coefficient (Wildman–Crippen LogP) is 4.42. The summed E-state index contributed by atoms with van der Waals surface area (Å²) in [4.78, 5) is 24.7. The first-order valence-corrected chi connectivity index (χ1v) is 10.1. The molecular weight excluding hydrogens is 416 g/mol. The maximum absolute atomic E-state index is 13.4. The Morgan fingerprint density at radius 2 is 1.71 bits per heavy atom. The van der Waals surface area contributed by atoms with E-state index in [1.54, 1.807) is 83.6 Å². The second kappa shape index (κ2) is 7.72. The number of imidazole rings is 1. The smallest absolute Gasteiger partial charge is 0.335 e. The average Bonchev–Trinajstić information content (AvgIpc) is 2.98. The number of aromatic nitrogens is 2. The van der Waals surface area contributed by atoms with Gasteiger partial charge in [-0.15, -0.1) is 0 Å². The van der Waals surface area contributed by atoms with Crippen LogP contribution in [0.25, 0.3) is 16.7 Å². The Labute approximate surface area is 183 Å². The molecule has 0 atom stereocenters. The molecule has 0 fully saturated rings. The Morgan fingerprint density at radius 3 is 2.35 bits per heavy atom. The maximum Gasteiger partial charge on any atom is 0.335 e. The van der Waals surface area contributed by atoms with Crippen molar-refractivity contribution in [2.75, 3.05) is 0 Å².